The quantitative estimate of drug-likeness (QED) is 0.894. The molecule has 1 heterocycles. The van der Waals surface area contributed by atoms with Gasteiger partial charge in [0.05, 0.1) is 5.75 Å². The highest BCUT2D eigenvalue weighted by Crippen LogP contribution is 2.23. The molecule has 0 spiro atoms. The van der Waals surface area contributed by atoms with Gasteiger partial charge in [-0.1, -0.05) is 18.2 Å². The summed E-state index contributed by atoms with van der Waals surface area (Å²) in [5, 5.41) is 2.78. The summed E-state index contributed by atoms with van der Waals surface area (Å²) in [6.45, 7) is 1.93. The highest BCUT2D eigenvalue weighted by Gasteiger charge is 2.30. The molecule has 0 bridgehead atoms. The zero-order chi connectivity index (χ0) is 15.6. The molecular formula is C14H18N2O4S. The summed E-state index contributed by atoms with van der Waals surface area (Å²) in [5.41, 5.74) is 1.52. The molecule has 1 aliphatic heterocycles. The van der Waals surface area contributed by atoms with Crippen molar-refractivity contribution in [2.75, 3.05) is 17.3 Å². The van der Waals surface area contributed by atoms with Gasteiger partial charge in [0.2, 0.25) is 11.8 Å². The molecule has 0 saturated carbocycles. The number of anilines is 1. The fourth-order valence-corrected chi connectivity index (χ4v) is 2.75. The maximum absolute atomic E-state index is 12.2. The smallest absolute Gasteiger partial charge is 0.246 e. The van der Waals surface area contributed by atoms with Gasteiger partial charge in [0.15, 0.2) is 0 Å². The molecule has 1 atom stereocenters. The Morgan fingerprint density at radius 3 is 2.71 bits per heavy atom. The molecule has 0 fully saturated rings. The number of benzene rings is 1. The Kier molecular flexibility index (Phi) is 4.32. The van der Waals surface area contributed by atoms with E-state index in [9.17, 15) is 18.0 Å². The van der Waals surface area contributed by atoms with Crippen molar-refractivity contribution in [1.82, 2.24) is 4.90 Å². The van der Waals surface area contributed by atoms with E-state index in [1.165, 1.54) is 4.90 Å². The summed E-state index contributed by atoms with van der Waals surface area (Å²) in [7, 11) is -3.21. The van der Waals surface area contributed by atoms with Gasteiger partial charge in [-0.3, -0.25) is 9.59 Å². The molecule has 0 saturated heterocycles. The highest BCUT2D eigenvalue weighted by atomic mass is 32.2. The van der Waals surface area contributed by atoms with Crippen molar-refractivity contribution in [3.05, 3.63) is 29.8 Å². The molecule has 0 aliphatic carbocycles. The van der Waals surface area contributed by atoms with E-state index < -0.39 is 15.9 Å². The Hall–Kier alpha value is -1.89. The van der Waals surface area contributed by atoms with Gasteiger partial charge in [0, 0.05) is 24.9 Å². The van der Waals surface area contributed by atoms with Gasteiger partial charge in [-0.25, -0.2) is 8.42 Å². The number of nitrogens with one attached hydrogen (secondary N) is 1. The van der Waals surface area contributed by atoms with E-state index in [0.717, 1.165) is 11.8 Å². The third-order valence-corrected chi connectivity index (χ3v) is 4.42. The van der Waals surface area contributed by atoms with Crippen molar-refractivity contribution in [3.8, 4) is 0 Å². The number of rotatable bonds is 3. The lowest BCUT2D eigenvalue weighted by Crippen LogP contribution is -2.43. The number of nitrogens with zero attached hydrogens (tertiary/aromatic N) is 1. The molecule has 21 heavy (non-hydrogen) atoms. The van der Waals surface area contributed by atoms with Crippen molar-refractivity contribution < 1.29 is 18.0 Å². The highest BCUT2D eigenvalue weighted by molar-refractivity contribution is 7.90. The molecule has 1 aliphatic rings. The van der Waals surface area contributed by atoms with E-state index in [2.05, 4.69) is 5.32 Å². The standard InChI is InChI=1S/C14H18N2O4S/c1-10-14(18)15-12-6-4-3-5-11(12)9-16(10)13(17)7-8-21(2,19)20/h3-6,10H,7-9H2,1-2H3,(H,15,18). The van der Waals surface area contributed by atoms with E-state index in [1.807, 2.05) is 18.2 Å². The van der Waals surface area contributed by atoms with Crippen LogP contribution in [0.2, 0.25) is 0 Å². The zero-order valence-electron chi connectivity index (χ0n) is 12.0. The topological polar surface area (TPSA) is 83.6 Å². The maximum atomic E-state index is 12.2. The summed E-state index contributed by atoms with van der Waals surface area (Å²) < 4.78 is 22.4. The molecule has 1 unspecified atom stereocenters. The van der Waals surface area contributed by atoms with Gasteiger partial charge < -0.3 is 10.2 Å². The van der Waals surface area contributed by atoms with Gasteiger partial charge in [0.25, 0.3) is 0 Å². The van der Waals surface area contributed by atoms with E-state index in [0.29, 0.717) is 12.2 Å². The minimum absolute atomic E-state index is 0.112. The molecule has 1 aromatic rings. The first-order valence-electron chi connectivity index (χ1n) is 6.64. The average molecular weight is 310 g/mol. The molecule has 0 aromatic heterocycles. The SMILES string of the molecule is CC1C(=O)Nc2ccccc2CN1C(=O)CCS(C)(=O)=O. The predicted molar refractivity (Wildman–Crippen MR) is 79.4 cm³/mol. The van der Waals surface area contributed by atoms with Gasteiger partial charge in [-0.15, -0.1) is 0 Å². The minimum atomic E-state index is -3.21. The Labute approximate surface area is 124 Å². The number of hydrogen-bond acceptors (Lipinski definition) is 4. The van der Waals surface area contributed by atoms with Crippen LogP contribution >= 0.6 is 0 Å². The molecule has 2 amide bonds. The van der Waals surface area contributed by atoms with Crippen LogP contribution in [0, 0.1) is 0 Å². The summed E-state index contributed by atoms with van der Waals surface area (Å²) in [5.74, 6) is -0.814. The Balaban J connectivity index is 2.22. The van der Waals surface area contributed by atoms with Crippen molar-refractivity contribution in [1.29, 1.82) is 0 Å². The third kappa shape index (κ3) is 3.81. The molecule has 114 valence electrons. The van der Waals surface area contributed by atoms with E-state index in [1.54, 1.807) is 13.0 Å². The van der Waals surface area contributed by atoms with Crippen LogP contribution in [0.5, 0.6) is 0 Å². The number of fused-ring (bicyclic) bond motifs is 1. The molecule has 6 nitrogen and oxygen atoms in total. The van der Waals surface area contributed by atoms with E-state index in [4.69, 9.17) is 0 Å². The van der Waals surface area contributed by atoms with Crippen LogP contribution < -0.4 is 5.32 Å². The molecule has 7 heteroatoms. The average Bonchev–Trinajstić information content (AvgIpc) is 2.53. The number of carbonyl (C=O) groups excluding carboxylic acids is 2. The number of amides is 2. The molecule has 1 N–H and O–H groups in total. The number of carbonyl (C=O) groups is 2. The van der Waals surface area contributed by atoms with Crippen molar-refractivity contribution in [2.24, 2.45) is 0 Å². The lowest BCUT2D eigenvalue weighted by Gasteiger charge is -2.25. The zero-order valence-corrected chi connectivity index (χ0v) is 12.8. The van der Waals surface area contributed by atoms with Crippen molar-refractivity contribution in [3.63, 3.8) is 0 Å². The van der Waals surface area contributed by atoms with Crippen LogP contribution in [0.25, 0.3) is 0 Å². The number of para-hydroxylation sites is 1. The fraction of sp³-hybridized carbons (Fsp3) is 0.429. The summed E-state index contributed by atoms with van der Waals surface area (Å²) in [6.07, 6.45) is 0.979. The van der Waals surface area contributed by atoms with Crippen LogP contribution in [0.4, 0.5) is 5.69 Å². The lowest BCUT2D eigenvalue weighted by molar-refractivity contribution is -0.138. The molecule has 0 radical (unpaired) electrons. The maximum Gasteiger partial charge on any atom is 0.246 e. The van der Waals surface area contributed by atoms with Crippen LogP contribution in [0.1, 0.15) is 18.9 Å². The number of hydrogen-bond donors (Lipinski definition) is 1. The third-order valence-electron chi connectivity index (χ3n) is 3.47. The summed E-state index contributed by atoms with van der Waals surface area (Å²) in [4.78, 5) is 25.7. The minimum Gasteiger partial charge on any atom is -0.327 e. The lowest BCUT2D eigenvalue weighted by atomic mass is 10.1. The van der Waals surface area contributed by atoms with Gasteiger partial charge >= 0.3 is 0 Å². The Bertz CT molecular complexity index is 669. The summed E-state index contributed by atoms with van der Waals surface area (Å²) >= 11 is 0. The van der Waals surface area contributed by atoms with Crippen LogP contribution in [-0.4, -0.2) is 43.2 Å². The van der Waals surface area contributed by atoms with Crippen LogP contribution in [-0.2, 0) is 26.0 Å². The van der Waals surface area contributed by atoms with E-state index in [-0.39, 0.29) is 24.0 Å². The van der Waals surface area contributed by atoms with Crippen LogP contribution in [0.3, 0.4) is 0 Å². The molecule has 2 rings (SSSR count). The number of sulfone groups is 1. The first-order valence-corrected chi connectivity index (χ1v) is 8.70. The molecular weight excluding hydrogens is 292 g/mol. The second-order valence-corrected chi connectivity index (χ2v) is 7.48. The monoisotopic (exact) mass is 310 g/mol. The van der Waals surface area contributed by atoms with Gasteiger partial charge in [0.1, 0.15) is 15.9 Å². The van der Waals surface area contributed by atoms with Gasteiger partial charge in [-0.05, 0) is 18.6 Å². The second-order valence-electron chi connectivity index (χ2n) is 5.22. The Morgan fingerprint density at radius 2 is 2.05 bits per heavy atom. The van der Waals surface area contributed by atoms with Crippen molar-refractivity contribution in [2.45, 2.75) is 25.9 Å². The largest absolute Gasteiger partial charge is 0.327 e. The van der Waals surface area contributed by atoms with Crippen LogP contribution in [0.15, 0.2) is 24.3 Å². The van der Waals surface area contributed by atoms with E-state index >= 15 is 0 Å². The molecule has 1 aromatic carbocycles. The predicted octanol–water partition coefficient (Wildman–Crippen LogP) is 0.790. The fourth-order valence-electron chi connectivity index (χ4n) is 2.20. The first-order chi connectivity index (χ1) is 9.78. The summed E-state index contributed by atoms with van der Waals surface area (Å²) in [6, 6.07) is 6.63. The normalized spacial score (nSPS) is 18.7. The Morgan fingerprint density at radius 1 is 1.38 bits per heavy atom. The van der Waals surface area contributed by atoms with Crippen molar-refractivity contribution >= 4 is 27.3 Å². The second kappa shape index (κ2) is 5.85. The van der Waals surface area contributed by atoms with Gasteiger partial charge in [-0.2, -0.15) is 0 Å². The first kappa shape index (κ1) is 15.5.